The summed E-state index contributed by atoms with van der Waals surface area (Å²) in [6, 6.07) is 8.07. The first-order chi connectivity index (χ1) is 13.0. The lowest BCUT2D eigenvalue weighted by Gasteiger charge is -2.05. The van der Waals surface area contributed by atoms with E-state index in [1.807, 2.05) is 18.2 Å². The number of benzene rings is 1. The van der Waals surface area contributed by atoms with Crippen molar-refractivity contribution in [3.8, 4) is 0 Å². The Kier molecular flexibility index (Phi) is 5.91. The number of carbonyl (C=O) groups is 2. The van der Waals surface area contributed by atoms with Gasteiger partial charge in [-0.05, 0) is 44.9 Å². The molecule has 0 aliphatic heterocycles. The number of thiazole rings is 1. The number of nitrogens with one attached hydrogen (secondary N) is 2. The second kappa shape index (κ2) is 8.35. The van der Waals surface area contributed by atoms with Crippen molar-refractivity contribution >= 4 is 33.4 Å². The van der Waals surface area contributed by atoms with E-state index in [2.05, 4.69) is 21.4 Å². The number of fused-ring (bicyclic) bond motifs is 1. The summed E-state index contributed by atoms with van der Waals surface area (Å²) in [5.41, 5.74) is 3.14. The SMILES string of the molecule is CCOC(=O)c1c(C)[nH]c(C(=O)NCCCc2nc3ccccc3s2)c1C. The van der Waals surface area contributed by atoms with Gasteiger partial charge in [-0.15, -0.1) is 11.3 Å². The summed E-state index contributed by atoms with van der Waals surface area (Å²) < 4.78 is 6.24. The van der Waals surface area contributed by atoms with Gasteiger partial charge in [-0.1, -0.05) is 12.1 Å². The summed E-state index contributed by atoms with van der Waals surface area (Å²) in [5, 5.41) is 3.98. The number of hydrogen-bond acceptors (Lipinski definition) is 5. The van der Waals surface area contributed by atoms with Gasteiger partial charge in [-0.3, -0.25) is 4.79 Å². The molecule has 3 rings (SSSR count). The Balaban J connectivity index is 1.56. The Labute approximate surface area is 162 Å². The molecule has 0 spiro atoms. The molecule has 0 aliphatic carbocycles. The first-order valence-electron chi connectivity index (χ1n) is 9.00. The van der Waals surface area contributed by atoms with Gasteiger partial charge in [0.15, 0.2) is 0 Å². The molecule has 0 unspecified atom stereocenters. The van der Waals surface area contributed by atoms with Gasteiger partial charge in [-0.2, -0.15) is 0 Å². The molecule has 1 amide bonds. The van der Waals surface area contributed by atoms with Crippen LogP contribution in [0.2, 0.25) is 0 Å². The van der Waals surface area contributed by atoms with E-state index in [0.717, 1.165) is 23.4 Å². The van der Waals surface area contributed by atoms with Crippen LogP contribution in [0.25, 0.3) is 10.2 Å². The highest BCUT2D eigenvalue weighted by Gasteiger charge is 2.22. The number of ether oxygens (including phenoxy) is 1. The highest BCUT2D eigenvalue weighted by molar-refractivity contribution is 7.18. The second-order valence-corrected chi connectivity index (χ2v) is 7.40. The monoisotopic (exact) mass is 385 g/mol. The normalized spacial score (nSPS) is 10.9. The number of esters is 1. The average molecular weight is 385 g/mol. The van der Waals surface area contributed by atoms with Gasteiger partial charge in [0.2, 0.25) is 0 Å². The van der Waals surface area contributed by atoms with E-state index in [1.165, 1.54) is 4.70 Å². The van der Waals surface area contributed by atoms with Gasteiger partial charge >= 0.3 is 5.97 Å². The summed E-state index contributed by atoms with van der Waals surface area (Å²) in [4.78, 5) is 32.1. The summed E-state index contributed by atoms with van der Waals surface area (Å²) in [7, 11) is 0. The number of carbonyl (C=O) groups excluding carboxylic acids is 2. The van der Waals surface area contributed by atoms with Crippen molar-refractivity contribution in [2.75, 3.05) is 13.2 Å². The van der Waals surface area contributed by atoms with E-state index >= 15 is 0 Å². The fraction of sp³-hybridized carbons (Fsp3) is 0.350. The summed E-state index contributed by atoms with van der Waals surface area (Å²) in [5.74, 6) is -0.617. The predicted molar refractivity (Wildman–Crippen MR) is 106 cm³/mol. The van der Waals surface area contributed by atoms with E-state index < -0.39 is 5.97 Å². The third-order valence-electron chi connectivity index (χ3n) is 4.34. The first kappa shape index (κ1) is 19.1. The van der Waals surface area contributed by atoms with E-state index in [0.29, 0.717) is 35.7 Å². The van der Waals surface area contributed by atoms with Crippen molar-refractivity contribution in [1.82, 2.24) is 15.3 Å². The smallest absolute Gasteiger partial charge is 0.340 e. The van der Waals surface area contributed by atoms with Crippen molar-refractivity contribution in [3.05, 3.63) is 51.8 Å². The lowest BCUT2D eigenvalue weighted by molar-refractivity contribution is 0.0525. The summed E-state index contributed by atoms with van der Waals surface area (Å²) in [6.45, 7) is 6.13. The number of para-hydroxylation sites is 1. The van der Waals surface area contributed by atoms with E-state index in [1.54, 1.807) is 32.1 Å². The van der Waals surface area contributed by atoms with Crippen molar-refractivity contribution in [1.29, 1.82) is 0 Å². The van der Waals surface area contributed by atoms with Gasteiger partial charge in [-0.25, -0.2) is 9.78 Å². The molecule has 0 atom stereocenters. The minimum Gasteiger partial charge on any atom is -0.462 e. The zero-order valence-corrected chi connectivity index (χ0v) is 16.5. The van der Waals surface area contributed by atoms with Gasteiger partial charge < -0.3 is 15.0 Å². The Morgan fingerprint density at radius 1 is 1.26 bits per heavy atom. The third kappa shape index (κ3) is 4.19. The van der Waals surface area contributed by atoms with Gasteiger partial charge in [0.1, 0.15) is 5.69 Å². The van der Waals surface area contributed by atoms with E-state index in [-0.39, 0.29) is 5.91 Å². The van der Waals surface area contributed by atoms with Gasteiger partial charge in [0, 0.05) is 18.7 Å². The van der Waals surface area contributed by atoms with Crippen LogP contribution in [0.1, 0.15) is 50.5 Å². The Bertz CT molecular complexity index is 941. The number of nitrogens with zero attached hydrogens (tertiary/aromatic N) is 1. The first-order valence-corrected chi connectivity index (χ1v) is 9.81. The number of H-pyrrole nitrogens is 1. The van der Waals surface area contributed by atoms with Gasteiger partial charge in [0.05, 0.1) is 27.4 Å². The number of aromatic nitrogens is 2. The molecule has 0 saturated carbocycles. The Morgan fingerprint density at radius 2 is 2.04 bits per heavy atom. The van der Waals surface area contributed by atoms with Crippen molar-refractivity contribution in [3.63, 3.8) is 0 Å². The Hall–Kier alpha value is -2.67. The average Bonchev–Trinajstić information content (AvgIpc) is 3.18. The molecular weight excluding hydrogens is 362 g/mol. The molecule has 2 aromatic heterocycles. The van der Waals surface area contributed by atoms with Gasteiger partial charge in [0.25, 0.3) is 5.91 Å². The molecule has 0 radical (unpaired) electrons. The maximum Gasteiger partial charge on any atom is 0.340 e. The highest BCUT2D eigenvalue weighted by Crippen LogP contribution is 2.22. The zero-order chi connectivity index (χ0) is 19.4. The third-order valence-corrected chi connectivity index (χ3v) is 5.43. The quantitative estimate of drug-likeness (QED) is 0.479. The van der Waals surface area contributed by atoms with Crippen molar-refractivity contribution in [2.45, 2.75) is 33.6 Å². The highest BCUT2D eigenvalue weighted by atomic mass is 32.1. The molecule has 0 aliphatic rings. The lowest BCUT2D eigenvalue weighted by Crippen LogP contribution is -2.25. The second-order valence-electron chi connectivity index (χ2n) is 6.28. The Morgan fingerprint density at radius 3 is 2.78 bits per heavy atom. The molecule has 0 bridgehead atoms. The van der Waals surface area contributed by atoms with Crippen LogP contribution in [0.4, 0.5) is 0 Å². The predicted octanol–water partition coefficient (Wildman–Crippen LogP) is 3.78. The minimum absolute atomic E-state index is 0.213. The van der Waals surface area contributed by atoms with Crippen LogP contribution in [0.3, 0.4) is 0 Å². The van der Waals surface area contributed by atoms with E-state index in [9.17, 15) is 9.59 Å². The lowest BCUT2D eigenvalue weighted by atomic mass is 10.1. The molecule has 142 valence electrons. The molecule has 2 heterocycles. The summed E-state index contributed by atoms with van der Waals surface area (Å²) >= 11 is 1.69. The van der Waals surface area contributed by atoms with Crippen LogP contribution in [0.15, 0.2) is 24.3 Å². The van der Waals surface area contributed by atoms with Crippen molar-refractivity contribution in [2.24, 2.45) is 0 Å². The van der Waals surface area contributed by atoms with Crippen LogP contribution >= 0.6 is 11.3 Å². The van der Waals surface area contributed by atoms with Crippen LogP contribution in [0, 0.1) is 13.8 Å². The topological polar surface area (TPSA) is 84.1 Å². The molecule has 27 heavy (non-hydrogen) atoms. The molecule has 1 aromatic carbocycles. The maximum absolute atomic E-state index is 12.5. The summed E-state index contributed by atoms with van der Waals surface area (Å²) in [6.07, 6.45) is 1.62. The number of rotatable bonds is 7. The van der Waals surface area contributed by atoms with Crippen LogP contribution in [0.5, 0.6) is 0 Å². The van der Waals surface area contributed by atoms with Crippen molar-refractivity contribution < 1.29 is 14.3 Å². The minimum atomic E-state index is -0.404. The largest absolute Gasteiger partial charge is 0.462 e. The zero-order valence-electron chi connectivity index (χ0n) is 15.7. The molecular formula is C20H23N3O3S. The molecule has 3 aromatic rings. The fourth-order valence-electron chi connectivity index (χ4n) is 3.04. The number of hydrogen-bond donors (Lipinski definition) is 2. The standard InChI is InChI=1S/C20H23N3O3S/c1-4-26-20(25)17-12(2)18(22-13(17)3)19(24)21-11-7-10-16-23-14-8-5-6-9-15(14)27-16/h5-6,8-9,22H,4,7,10-11H2,1-3H3,(H,21,24). The number of aryl methyl sites for hydroxylation is 2. The molecule has 0 saturated heterocycles. The number of aromatic amines is 1. The van der Waals surface area contributed by atoms with Crippen LogP contribution in [-0.2, 0) is 11.2 Å². The molecule has 7 heteroatoms. The number of amides is 1. The van der Waals surface area contributed by atoms with E-state index in [4.69, 9.17) is 4.74 Å². The maximum atomic E-state index is 12.5. The molecule has 2 N–H and O–H groups in total. The molecule has 6 nitrogen and oxygen atoms in total. The molecule has 0 fully saturated rings. The van der Waals surface area contributed by atoms with Crippen LogP contribution in [-0.4, -0.2) is 35.0 Å². The fourth-order valence-corrected chi connectivity index (χ4v) is 4.05. The van der Waals surface area contributed by atoms with Crippen LogP contribution < -0.4 is 5.32 Å².